The fourth-order valence-electron chi connectivity index (χ4n) is 1.75. The van der Waals surface area contributed by atoms with E-state index in [9.17, 15) is 0 Å². The molecule has 102 valence electrons. The van der Waals surface area contributed by atoms with E-state index in [0.29, 0.717) is 22.6 Å². The van der Waals surface area contributed by atoms with Crippen molar-refractivity contribution < 1.29 is 9.15 Å². The Labute approximate surface area is 116 Å². The highest BCUT2D eigenvalue weighted by Crippen LogP contribution is 2.32. The van der Waals surface area contributed by atoms with Gasteiger partial charge in [0.2, 0.25) is 5.89 Å². The van der Waals surface area contributed by atoms with Crippen LogP contribution in [-0.2, 0) is 0 Å². The van der Waals surface area contributed by atoms with Crippen LogP contribution in [0.25, 0.3) is 11.5 Å². The molecular formula is C13H16ClN3O2. The lowest BCUT2D eigenvalue weighted by Gasteiger charge is -2.07. The monoisotopic (exact) mass is 281 g/mol. The van der Waals surface area contributed by atoms with E-state index in [2.05, 4.69) is 15.5 Å². The molecule has 1 aromatic heterocycles. The SMILES string of the molecule is CCNC(C)c1nnc(-c2ccc(Cl)cc2OC)o1. The first kappa shape index (κ1) is 13.8. The standard InChI is InChI=1S/C13H16ClN3O2/c1-4-15-8(2)12-16-17-13(19-12)10-6-5-9(14)7-11(10)18-3/h5-8,15H,4H2,1-3H3. The minimum atomic E-state index is 0.0181. The van der Waals surface area contributed by atoms with Gasteiger partial charge in [-0.1, -0.05) is 18.5 Å². The summed E-state index contributed by atoms with van der Waals surface area (Å²) in [6, 6.07) is 5.30. The number of hydrogen-bond acceptors (Lipinski definition) is 5. The second-order valence-electron chi connectivity index (χ2n) is 4.07. The molecule has 6 heteroatoms. The van der Waals surface area contributed by atoms with Gasteiger partial charge < -0.3 is 14.5 Å². The van der Waals surface area contributed by atoms with Crippen LogP contribution in [0.15, 0.2) is 22.6 Å². The van der Waals surface area contributed by atoms with Gasteiger partial charge in [0.15, 0.2) is 0 Å². The lowest BCUT2D eigenvalue weighted by molar-refractivity contribution is 0.408. The number of nitrogens with one attached hydrogen (secondary N) is 1. The fraction of sp³-hybridized carbons (Fsp3) is 0.385. The second kappa shape index (κ2) is 6.04. The molecule has 0 spiro atoms. The molecule has 0 fully saturated rings. The molecule has 0 radical (unpaired) electrons. The summed E-state index contributed by atoms with van der Waals surface area (Å²) in [6.07, 6.45) is 0. The van der Waals surface area contributed by atoms with Gasteiger partial charge in [0.05, 0.1) is 18.7 Å². The van der Waals surface area contributed by atoms with E-state index in [-0.39, 0.29) is 6.04 Å². The first-order valence-corrected chi connectivity index (χ1v) is 6.44. The van der Waals surface area contributed by atoms with Crippen molar-refractivity contribution in [2.75, 3.05) is 13.7 Å². The third-order valence-electron chi connectivity index (χ3n) is 2.72. The van der Waals surface area contributed by atoms with Gasteiger partial charge in [0.1, 0.15) is 5.75 Å². The van der Waals surface area contributed by atoms with Gasteiger partial charge in [-0.15, -0.1) is 10.2 Å². The van der Waals surface area contributed by atoms with Crippen molar-refractivity contribution in [3.8, 4) is 17.2 Å². The van der Waals surface area contributed by atoms with Crippen LogP contribution in [0, 0.1) is 0 Å². The average Bonchev–Trinajstić information content (AvgIpc) is 2.88. The number of benzene rings is 1. The molecule has 1 atom stereocenters. The molecule has 2 rings (SSSR count). The van der Waals surface area contributed by atoms with Gasteiger partial charge in [-0.25, -0.2) is 0 Å². The molecule has 0 bridgehead atoms. The van der Waals surface area contributed by atoms with Crippen LogP contribution in [0.4, 0.5) is 0 Å². The topological polar surface area (TPSA) is 60.2 Å². The number of hydrogen-bond donors (Lipinski definition) is 1. The van der Waals surface area contributed by atoms with Crippen LogP contribution >= 0.6 is 11.6 Å². The number of nitrogens with zero attached hydrogens (tertiary/aromatic N) is 2. The zero-order valence-corrected chi connectivity index (χ0v) is 11.9. The maximum atomic E-state index is 5.92. The largest absolute Gasteiger partial charge is 0.496 e. The summed E-state index contributed by atoms with van der Waals surface area (Å²) in [7, 11) is 1.58. The van der Waals surface area contributed by atoms with Crippen LogP contribution in [0.3, 0.4) is 0 Å². The Bertz CT molecular complexity index is 557. The quantitative estimate of drug-likeness (QED) is 0.913. The van der Waals surface area contributed by atoms with E-state index in [1.165, 1.54) is 0 Å². The third kappa shape index (κ3) is 3.05. The molecular weight excluding hydrogens is 266 g/mol. The molecule has 0 aliphatic heterocycles. The maximum Gasteiger partial charge on any atom is 0.251 e. The van der Waals surface area contributed by atoms with Gasteiger partial charge >= 0.3 is 0 Å². The van der Waals surface area contributed by atoms with Gasteiger partial charge in [0.25, 0.3) is 5.89 Å². The van der Waals surface area contributed by atoms with Crippen molar-refractivity contribution in [1.29, 1.82) is 0 Å². The summed E-state index contributed by atoms with van der Waals surface area (Å²) < 4.78 is 10.9. The minimum absolute atomic E-state index is 0.0181. The Morgan fingerprint density at radius 1 is 1.42 bits per heavy atom. The molecule has 2 aromatic rings. The molecule has 0 aliphatic rings. The first-order valence-electron chi connectivity index (χ1n) is 6.06. The van der Waals surface area contributed by atoms with Gasteiger partial charge in [-0.2, -0.15) is 0 Å². The van der Waals surface area contributed by atoms with E-state index in [1.54, 1.807) is 25.3 Å². The van der Waals surface area contributed by atoms with E-state index >= 15 is 0 Å². The molecule has 0 saturated heterocycles. The Morgan fingerprint density at radius 3 is 2.89 bits per heavy atom. The summed E-state index contributed by atoms with van der Waals surface area (Å²) in [4.78, 5) is 0. The predicted octanol–water partition coefficient (Wildman–Crippen LogP) is 3.07. The first-order chi connectivity index (χ1) is 9.15. The summed E-state index contributed by atoms with van der Waals surface area (Å²) in [6.45, 7) is 4.83. The summed E-state index contributed by atoms with van der Waals surface area (Å²) in [5.41, 5.74) is 0.731. The summed E-state index contributed by atoms with van der Waals surface area (Å²) in [5.74, 6) is 1.58. The molecule has 0 saturated carbocycles. The number of ether oxygens (including phenoxy) is 1. The van der Waals surface area contributed by atoms with E-state index in [0.717, 1.165) is 12.1 Å². The zero-order chi connectivity index (χ0) is 13.8. The highest BCUT2D eigenvalue weighted by molar-refractivity contribution is 6.30. The van der Waals surface area contributed by atoms with Crippen LogP contribution in [0.1, 0.15) is 25.8 Å². The second-order valence-corrected chi connectivity index (χ2v) is 4.51. The predicted molar refractivity (Wildman–Crippen MR) is 73.4 cm³/mol. The van der Waals surface area contributed by atoms with Crippen molar-refractivity contribution >= 4 is 11.6 Å². The number of halogens is 1. The summed E-state index contributed by atoms with van der Waals surface area (Å²) in [5, 5.41) is 11.9. The van der Waals surface area contributed by atoms with Gasteiger partial charge in [0, 0.05) is 5.02 Å². The normalized spacial score (nSPS) is 12.4. The van der Waals surface area contributed by atoms with Gasteiger partial charge in [-0.05, 0) is 31.7 Å². The number of methoxy groups -OCH3 is 1. The van der Waals surface area contributed by atoms with Crippen molar-refractivity contribution in [3.05, 3.63) is 29.1 Å². The molecule has 5 nitrogen and oxygen atoms in total. The molecule has 1 aromatic carbocycles. The zero-order valence-electron chi connectivity index (χ0n) is 11.1. The Morgan fingerprint density at radius 2 is 2.21 bits per heavy atom. The van der Waals surface area contributed by atoms with E-state index < -0.39 is 0 Å². The molecule has 0 amide bonds. The van der Waals surface area contributed by atoms with Gasteiger partial charge in [-0.3, -0.25) is 0 Å². The van der Waals surface area contributed by atoms with Crippen molar-refractivity contribution in [2.45, 2.75) is 19.9 Å². The molecule has 1 unspecified atom stereocenters. The Hall–Kier alpha value is -1.59. The number of aromatic nitrogens is 2. The fourth-order valence-corrected chi connectivity index (χ4v) is 1.92. The van der Waals surface area contributed by atoms with Crippen molar-refractivity contribution in [3.63, 3.8) is 0 Å². The summed E-state index contributed by atoms with van der Waals surface area (Å²) >= 11 is 5.92. The minimum Gasteiger partial charge on any atom is -0.496 e. The highest BCUT2D eigenvalue weighted by Gasteiger charge is 2.16. The molecule has 1 heterocycles. The van der Waals surface area contributed by atoms with E-state index in [1.807, 2.05) is 13.8 Å². The Kier molecular flexibility index (Phi) is 4.39. The highest BCUT2D eigenvalue weighted by atomic mass is 35.5. The average molecular weight is 282 g/mol. The molecule has 0 aliphatic carbocycles. The van der Waals surface area contributed by atoms with Crippen LogP contribution in [0.5, 0.6) is 5.75 Å². The van der Waals surface area contributed by atoms with Crippen LogP contribution in [0.2, 0.25) is 5.02 Å². The van der Waals surface area contributed by atoms with Crippen LogP contribution in [-0.4, -0.2) is 23.9 Å². The maximum absolute atomic E-state index is 5.92. The van der Waals surface area contributed by atoms with Crippen molar-refractivity contribution in [2.24, 2.45) is 0 Å². The smallest absolute Gasteiger partial charge is 0.251 e. The lowest BCUT2D eigenvalue weighted by atomic mass is 10.2. The van der Waals surface area contributed by atoms with Crippen molar-refractivity contribution in [1.82, 2.24) is 15.5 Å². The van der Waals surface area contributed by atoms with Crippen LogP contribution < -0.4 is 10.1 Å². The lowest BCUT2D eigenvalue weighted by Crippen LogP contribution is -2.17. The molecule has 1 N–H and O–H groups in total. The Balaban J connectivity index is 2.32. The van der Waals surface area contributed by atoms with E-state index in [4.69, 9.17) is 20.8 Å². The molecule has 19 heavy (non-hydrogen) atoms. The third-order valence-corrected chi connectivity index (χ3v) is 2.95. The number of rotatable bonds is 5.